The lowest BCUT2D eigenvalue weighted by Crippen LogP contribution is -2.27. The Morgan fingerprint density at radius 1 is 1.07 bits per heavy atom. The van der Waals surface area contributed by atoms with Crippen molar-refractivity contribution in [2.75, 3.05) is 6.79 Å². The van der Waals surface area contributed by atoms with Gasteiger partial charge in [-0.05, 0) is 50.1 Å². The number of ether oxygens (including phenoxy) is 2. The molecule has 144 valence electrons. The second kappa shape index (κ2) is 7.43. The van der Waals surface area contributed by atoms with E-state index < -0.39 is 0 Å². The van der Waals surface area contributed by atoms with Crippen LogP contribution in [0, 0.1) is 13.8 Å². The molecule has 0 fully saturated rings. The lowest BCUT2D eigenvalue weighted by Gasteiger charge is -2.15. The number of nitrogens with one attached hydrogen (secondary N) is 1. The number of rotatable bonds is 5. The largest absolute Gasteiger partial charge is 0.454 e. The number of carbonyl (C=O) groups excluding carboxylic acids is 1. The van der Waals surface area contributed by atoms with E-state index in [0.29, 0.717) is 5.56 Å². The van der Waals surface area contributed by atoms with Crippen molar-refractivity contribution in [1.29, 1.82) is 0 Å². The second-order valence-corrected chi connectivity index (χ2v) is 7.16. The Balaban J connectivity index is 1.51. The van der Waals surface area contributed by atoms with Crippen molar-refractivity contribution in [2.24, 2.45) is 0 Å². The van der Waals surface area contributed by atoms with Crippen molar-refractivity contribution in [1.82, 2.24) is 9.88 Å². The van der Waals surface area contributed by atoms with Crippen molar-refractivity contribution >= 4 is 5.91 Å². The van der Waals surface area contributed by atoms with Crippen LogP contribution in [0.15, 0.2) is 54.6 Å². The normalized spacial score (nSPS) is 13.4. The minimum Gasteiger partial charge on any atom is -0.454 e. The molecule has 1 aliphatic rings. The van der Waals surface area contributed by atoms with Crippen LogP contribution in [0.2, 0.25) is 0 Å². The lowest BCUT2D eigenvalue weighted by atomic mass is 10.1. The van der Waals surface area contributed by atoms with Gasteiger partial charge >= 0.3 is 0 Å². The maximum atomic E-state index is 12.9. The van der Waals surface area contributed by atoms with Crippen molar-refractivity contribution in [2.45, 2.75) is 33.4 Å². The number of amides is 1. The summed E-state index contributed by atoms with van der Waals surface area (Å²) < 4.78 is 13.0. The highest BCUT2D eigenvalue weighted by atomic mass is 16.7. The average Bonchev–Trinajstić information content (AvgIpc) is 3.28. The molecule has 4 rings (SSSR count). The molecule has 28 heavy (non-hydrogen) atoms. The molecule has 5 nitrogen and oxygen atoms in total. The molecule has 0 saturated carbocycles. The van der Waals surface area contributed by atoms with Crippen molar-refractivity contribution in [3.05, 3.63) is 82.7 Å². The molecule has 0 saturated heterocycles. The Kier molecular flexibility index (Phi) is 4.82. The molecule has 1 unspecified atom stereocenters. The summed E-state index contributed by atoms with van der Waals surface area (Å²) in [6.45, 7) is 7.00. The maximum Gasteiger partial charge on any atom is 0.253 e. The number of fused-ring (bicyclic) bond motifs is 1. The summed E-state index contributed by atoms with van der Waals surface area (Å²) in [5.74, 6) is 1.39. The average molecular weight is 376 g/mol. The van der Waals surface area contributed by atoms with Gasteiger partial charge in [0.05, 0.1) is 11.6 Å². The van der Waals surface area contributed by atoms with Crippen molar-refractivity contribution < 1.29 is 14.3 Å². The van der Waals surface area contributed by atoms with Gasteiger partial charge < -0.3 is 19.4 Å². The first kappa shape index (κ1) is 18.2. The van der Waals surface area contributed by atoms with Crippen LogP contribution in [-0.2, 0) is 6.54 Å². The van der Waals surface area contributed by atoms with Gasteiger partial charge in [0.25, 0.3) is 5.91 Å². The standard InChI is InChI=1S/C23H24N2O3/c1-15-11-20(17(3)25(15)13-18-7-5-4-6-8-18)23(26)24-16(2)19-9-10-21-22(12-19)28-14-27-21/h4-12,16H,13-14H2,1-3H3,(H,24,26). The van der Waals surface area contributed by atoms with Crippen LogP contribution in [0.5, 0.6) is 11.5 Å². The van der Waals surface area contributed by atoms with E-state index in [1.54, 1.807) is 0 Å². The SMILES string of the molecule is Cc1cc(C(=O)NC(C)c2ccc3c(c2)OCO3)c(C)n1Cc1ccccc1. The van der Waals surface area contributed by atoms with E-state index in [2.05, 4.69) is 22.0 Å². The Bertz CT molecular complexity index is 1010. The number of benzene rings is 2. The Labute approximate surface area is 164 Å². The molecule has 1 N–H and O–H groups in total. The maximum absolute atomic E-state index is 12.9. The van der Waals surface area contributed by atoms with Gasteiger partial charge in [0.2, 0.25) is 6.79 Å². The van der Waals surface area contributed by atoms with Gasteiger partial charge in [0.15, 0.2) is 11.5 Å². The highest BCUT2D eigenvalue weighted by Gasteiger charge is 2.20. The highest BCUT2D eigenvalue weighted by molar-refractivity contribution is 5.96. The van der Waals surface area contributed by atoms with E-state index >= 15 is 0 Å². The zero-order valence-electron chi connectivity index (χ0n) is 16.4. The minimum atomic E-state index is -0.140. The molecule has 0 radical (unpaired) electrons. The molecule has 5 heteroatoms. The van der Waals surface area contributed by atoms with E-state index in [-0.39, 0.29) is 18.7 Å². The molecule has 1 aliphatic heterocycles. The molecule has 0 bridgehead atoms. The summed E-state index contributed by atoms with van der Waals surface area (Å²) in [5.41, 5.74) is 4.95. The number of aromatic nitrogens is 1. The lowest BCUT2D eigenvalue weighted by molar-refractivity contribution is 0.0939. The first-order valence-corrected chi connectivity index (χ1v) is 9.44. The predicted molar refractivity (Wildman–Crippen MR) is 108 cm³/mol. The highest BCUT2D eigenvalue weighted by Crippen LogP contribution is 2.34. The second-order valence-electron chi connectivity index (χ2n) is 7.16. The van der Waals surface area contributed by atoms with Crippen LogP contribution in [0.1, 0.15) is 45.8 Å². The summed E-state index contributed by atoms with van der Waals surface area (Å²) in [6, 6.07) is 17.8. The van der Waals surface area contributed by atoms with Gasteiger partial charge in [0, 0.05) is 17.9 Å². The van der Waals surface area contributed by atoms with Crippen LogP contribution in [0.4, 0.5) is 0 Å². The van der Waals surface area contributed by atoms with Crippen LogP contribution in [0.25, 0.3) is 0 Å². The third kappa shape index (κ3) is 3.48. The fraction of sp³-hybridized carbons (Fsp3) is 0.261. The molecule has 1 amide bonds. The monoisotopic (exact) mass is 376 g/mol. The van der Waals surface area contributed by atoms with E-state index in [0.717, 1.165) is 35.0 Å². The number of aryl methyl sites for hydroxylation is 1. The molecule has 0 spiro atoms. The molecule has 3 aromatic rings. The fourth-order valence-electron chi connectivity index (χ4n) is 3.58. The van der Waals surface area contributed by atoms with Crippen molar-refractivity contribution in [3.63, 3.8) is 0 Å². The number of carbonyl (C=O) groups is 1. The van der Waals surface area contributed by atoms with Crippen LogP contribution < -0.4 is 14.8 Å². The summed E-state index contributed by atoms with van der Waals surface area (Å²) >= 11 is 0. The molecular formula is C23H24N2O3. The third-order valence-electron chi connectivity index (χ3n) is 5.25. The van der Waals surface area contributed by atoms with Gasteiger partial charge in [0.1, 0.15) is 0 Å². The minimum absolute atomic E-state index is 0.0717. The number of hydrogen-bond acceptors (Lipinski definition) is 3. The van der Waals surface area contributed by atoms with Gasteiger partial charge in [-0.2, -0.15) is 0 Å². The van der Waals surface area contributed by atoms with Crippen molar-refractivity contribution in [3.8, 4) is 11.5 Å². The quantitative estimate of drug-likeness (QED) is 0.719. The van der Waals surface area contributed by atoms with E-state index in [1.807, 2.05) is 63.2 Å². The molecule has 1 atom stereocenters. The van der Waals surface area contributed by atoms with Crippen LogP contribution in [-0.4, -0.2) is 17.3 Å². The number of hydrogen-bond donors (Lipinski definition) is 1. The molecule has 0 aliphatic carbocycles. The fourth-order valence-corrected chi connectivity index (χ4v) is 3.58. The van der Waals surface area contributed by atoms with Gasteiger partial charge in [-0.3, -0.25) is 4.79 Å². The first-order valence-electron chi connectivity index (χ1n) is 9.44. The molecular weight excluding hydrogens is 352 g/mol. The van der Waals surface area contributed by atoms with Gasteiger partial charge in [-0.15, -0.1) is 0 Å². The summed E-state index contributed by atoms with van der Waals surface area (Å²) in [6.07, 6.45) is 0. The van der Waals surface area contributed by atoms with Gasteiger partial charge in [-0.25, -0.2) is 0 Å². The van der Waals surface area contributed by atoms with Gasteiger partial charge in [-0.1, -0.05) is 36.4 Å². The molecule has 2 heterocycles. The Morgan fingerprint density at radius 3 is 2.61 bits per heavy atom. The molecule has 1 aromatic heterocycles. The molecule has 2 aromatic carbocycles. The number of nitrogens with zero attached hydrogens (tertiary/aromatic N) is 1. The Morgan fingerprint density at radius 2 is 1.82 bits per heavy atom. The zero-order chi connectivity index (χ0) is 19.7. The topological polar surface area (TPSA) is 52.5 Å². The van der Waals surface area contributed by atoms with E-state index in [4.69, 9.17) is 9.47 Å². The zero-order valence-corrected chi connectivity index (χ0v) is 16.4. The Hall–Kier alpha value is -3.21. The predicted octanol–water partition coefficient (Wildman–Crippen LogP) is 4.37. The van der Waals surface area contributed by atoms with E-state index in [1.165, 1.54) is 5.56 Å². The third-order valence-corrected chi connectivity index (χ3v) is 5.25. The smallest absolute Gasteiger partial charge is 0.253 e. The van der Waals surface area contributed by atoms with Crippen LogP contribution in [0.3, 0.4) is 0 Å². The summed E-state index contributed by atoms with van der Waals surface area (Å²) in [7, 11) is 0. The summed E-state index contributed by atoms with van der Waals surface area (Å²) in [5, 5.41) is 3.10. The van der Waals surface area contributed by atoms with E-state index in [9.17, 15) is 4.79 Å². The first-order chi connectivity index (χ1) is 13.5. The van der Waals surface area contributed by atoms with Crippen LogP contribution >= 0.6 is 0 Å². The summed E-state index contributed by atoms with van der Waals surface area (Å²) in [4.78, 5) is 12.9.